The topological polar surface area (TPSA) is 92.9 Å². The molecule has 0 aliphatic carbocycles. The minimum absolute atomic E-state index is 0.100. The Kier molecular flexibility index (Phi) is 3.26. The van der Waals surface area contributed by atoms with Gasteiger partial charge in [-0.15, -0.1) is 16.4 Å². The number of hydrogen-bond acceptors (Lipinski definition) is 7. The van der Waals surface area contributed by atoms with Crippen LogP contribution in [0.3, 0.4) is 0 Å². The van der Waals surface area contributed by atoms with E-state index in [1.165, 1.54) is 11.3 Å². The standard InChI is InChI=1S/C11H13N5O2S/c1-6-8(19-5-13-6)9(17)14-11-16-15-10(18-11)7-3-2-4-12-7/h5,7,12H,2-4H2,1H3,(H,14,16,17). The van der Waals surface area contributed by atoms with E-state index in [9.17, 15) is 4.79 Å². The number of aromatic nitrogens is 3. The van der Waals surface area contributed by atoms with Gasteiger partial charge in [0.15, 0.2) is 0 Å². The third-order valence-corrected chi connectivity index (χ3v) is 3.90. The van der Waals surface area contributed by atoms with Crippen LogP contribution in [0.5, 0.6) is 0 Å². The number of rotatable bonds is 3. The van der Waals surface area contributed by atoms with Gasteiger partial charge in [-0.2, -0.15) is 0 Å². The van der Waals surface area contributed by atoms with Crippen molar-refractivity contribution in [2.24, 2.45) is 0 Å². The first kappa shape index (κ1) is 12.2. The monoisotopic (exact) mass is 279 g/mol. The molecule has 2 aromatic rings. The zero-order valence-corrected chi connectivity index (χ0v) is 11.2. The molecular formula is C11H13N5O2S. The second-order valence-electron chi connectivity index (χ2n) is 4.32. The minimum Gasteiger partial charge on any atom is -0.406 e. The summed E-state index contributed by atoms with van der Waals surface area (Å²) in [6, 6.07) is 0.227. The fourth-order valence-corrected chi connectivity index (χ4v) is 2.69. The Bertz CT molecular complexity index is 587. The molecule has 8 heteroatoms. The van der Waals surface area contributed by atoms with Crippen LogP contribution < -0.4 is 10.6 Å². The van der Waals surface area contributed by atoms with Crippen LogP contribution in [0.25, 0.3) is 0 Å². The SMILES string of the molecule is Cc1ncsc1C(=O)Nc1nnc(C2CCCN2)o1. The van der Waals surface area contributed by atoms with Crippen LogP contribution in [0, 0.1) is 6.92 Å². The Labute approximate surface area is 113 Å². The number of carbonyl (C=O) groups is 1. The van der Waals surface area contributed by atoms with Crippen LogP contribution in [0.1, 0.15) is 40.1 Å². The molecule has 1 saturated heterocycles. The summed E-state index contributed by atoms with van der Waals surface area (Å²) in [5.74, 6) is 0.253. The van der Waals surface area contributed by atoms with Crippen LogP contribution in [-0.2, 0) is 0 Å². The Hall–Kier alpha value is -1.80. The predicted octanol–water partition coefficient (Wildman–Crippen LogP) is 1.51. The van der Waals surface area contributed by atoms with Gasteiger partial charge in [-0.05, 0) is 26.3 Å². The molecule has 3 heterocycles. The van der Waals surface area contributed by atoms with Gasteiger partial charge in [-0.1, -0.05) is 5.10 Å². The van der Waals surface area contributed by atoms with Crippen LogP contribution in [0.4, 0.5) is 6.01 Å². The summed E-state index contributed by atoms with van der Waals surface area (Å²) in [4.78, 5) is 16.5. The predicted molar refractivity (Wildman–Crippen MR) is 69.1 cm³/mol. The number of nitrogens with one attached hydrogen (secondary N) is 2. The van der Waals surface area contributed by atoms with E-state index in [2.05, 4.69) is 25.8 Å². The van der Waals surface area contributed by atoms with Crippen molar-refractivity contribution in [2.75, 3.05) is 11.9 Å². The van der Waals surface area contributed by atoms with Gasteiger partial charge in [-0.3, -0.25) is 10.1 Å². The second kappa shape index (κ2) is 5.06. The molecule has 1 aliphatic rings. The van der Waals surface area contributed by atoms with Gasteiger partial charge < -0.3 is 9.73 Å². The Morgan fingerprint density at radius 2 is 2.47 bits per heavy atom. The molecule has 0 aromatic carbocycles. The highest BCUT2D eigenvalue weighted by Crippen LogP contribution is 2.23. The van der Waals surface area contributed by atoms with Crippen LogP contribution in [0.2, 0.25) is 0 Å². The molecule has 1 atom stereocenters. The number of carbonyl (C=O) groups excluding carboxylic acids is 1. The fraction of sp³-hybridized carbons (Fsp3) is 0.455. The van der Waals surface area contributed by atoms with E-state index in [0.29, 0.717) is 16.5 Å². The maximum Gasteiger partial charge on any atom is 0.322 e. The van der Waals surface area contributed by atoms with E-state index in [4.69, 9.17) is 4.42 Å². The van der Waals surface area contributed by atoms with Gasteiger partial charge in [-0.25, -0.2) is 4.98 Å². The molecule has 3 rings (SSSR count). The molecule has 7 nitrogen and oxygen atoms in total. The number of nitrogens with zero attached hydrogens (tertiary/aromatic N) is 3. The summed E-state index contributed by atoms with van der Waals surface area (Å²) in [6.07, 6.45) is 2.07. The summed E-state index contributed by atoms with van der Waals surface area (Å²) in [5.41, 5.74) is 2.33. The van der Waals surface area contributed by atoms with Crippen molar-refractivity contribution in [1.82, 2.24) is 20.5 Å². The van der Waals surface area contributed by atoms with Gasteiger partial charge in [0, 0.05) is 0 Å². The van der Waals surface area contributed by atoms with Crippen molar-refractivity contribution in [3.63, 3.8) is 0 Å². The highest BCUT2D eigenvalue weighted by molar-refractivity contribution is 7.12. The molecule has 1 amide bonds. The van der Waals surface area contributed by atoms with Gasteiger partial charge in [0.2, 0.25) is 5.89 Å². The third kappa shape index (κ3) is 2.49. The van der Waals surface area contributed by atoms with Crippen molar-refractivity contribution in [3.8, 4) is 0 Å². The van der Waals surface area contributed by atoms with Crippen molar-refractivity contribution in [3.05, 3.63) is 22.0 Å². The van der Waals surface area contributed by atoms with E-state index in [0.717, 1.165) is 19.4 Å². The maximum absolute atomic E-state index is 11.9. The van der Waals surface area contributed by atoms with E-state index < -0.39 is 0 Å². The zero-order chi connectivity index (χ0) is 13.2. The smallest absolute Gasteiger partial charge is 0.322 e. The molecule has 2 N–H and O–H groups in total. The van der Waals surface area contributed by atoms with E-state index in [1.807, 2.05) is 0 Å². The van der Waals surface area contributed by atoms with Crippen molar-refractivity contribution in [2.45, 2.75) is 25.8 Å². The third-order valence-electron chi connectivity index (χ3n) is 2.97. The Balaban J connectivity index is 1.70. The fourth-order valence-electron chi connectivity index (χ4n) is 1.99. The average Bonchev–Trinajstić information content (AvgIpc) is 3.07. The molecule has 1 unspecified atom stereocenters. The Morgan fingerprint density at radius 1 is 1.58 bits per heavy atom. The molecule has 0 bridgehead atoms. The normalized spacial score (nSPS) is 18.7. The van der Waals surface area contributed by atoms with Crippen molar-refractivity contribution >= 4 is 23.3 Å². The first-order chi connectivity index (χ1) is 9.24. The van der Waals surface area contributed by atoms with Crippen LogP contribution in [0.15, 0.2) is 9.93 Å². The molecule has 0 spiro atoms. The number of anilines is 1. The second-order valence-corrected chi connectivity index (χ2v) is 5.17. The minimum atomic E-state index is -0.269. The van der Waals surface area contributed by atoms with E-state index in [1.54, 1.807) is 12.4 Å². The molecular weight excluding hydrogens is 266 g/mol. The summed E-state index contributed by atoms with van der Waals surface area (Å²) in [6.45, 7) is 2.74. The van der Waals surface area contributed by atoms with Crippen LogP contribution in [-0.4, -0.2) is 27.6 Å². The first-order valence-corrected chi connectivity index (χ1v) is 6.90. The van der Waals surface area contributed by atoms with Gasteiger partial charge in [0.05, 0.1) is 17.2 Å². The summed E-state index contributed by atoms with van der Waals surface area (Å²) in [5, 5.41) is 13.6. The molecule has 0 radical (unpaired) electrons. The van der Waals surface area contributed by atoms with Crippen molar-refractivity contribution < 1.29 is 9.21 Å². The Morgan fingerprint density at radius 3 is 3.16 bits per heavy atom. The molecule has 19 heavy (non-hydrogen) atoms. The zero-order valence-electron chi connectivity index (χ0n) is 10.3. The maximum atomic E-state index is 11.9. The van der Waals surface area contributed by atoms with Gasteiger partial charge >= 0.3 is 6.01 Å². The lowest BCUT2D eigenvalue weighted by Crippen LogP contribution is -2.13. The van der Waals surface area contributed by atoms with Crippen molar-refractivity contribution in [1.29, 1.82) is 0 Å². The molecule has 0 saturated carbocycles. The number of amides is 1. The lowest BCUT2D eigenvalue weighted by Gasteiger charge is -2.02. The molecule has 1 aliphatic heterocycles. The number of aryl methyl sites for hydroxylation is 1. The largest absolute Gasteiger partial charge is 0.406 e. The summed E-state index contributed by atoms with van der Waals surface area (Å²) >= 11 is 1.28. The highest BCUT2D eigenvalue weighted by atomic mass is 32.1. The lowest BCUT2D eigenvalue weighted by molar-refractivity contribution is 0.102. The number of thiazole rings is 1. The molecule has 2 aromatic heterocycles. The van der Waals surface area contributed by atoms with E-state index in [-0.39, 0.29) is 18.0 Å². The molecule has 1 fully saturated rings. The summed E-state index contributed by atoms with van der Waals surface area (Å²) in [7, 11) is 0. The average molecular weight is 279 g/mol. The van der Waals surface area contributed by atoms with Crippen LogP contribution >= 0.6 is 11.3 Å². The van der Waals surface area contributed by atoms with E-state index >= 15 is 0 Å². The van der Waals surface area contributed by atoms with Gasteiger partial charge in [0.1, 0.15) is 4.88 Å². The quantitative estimate of drug-likeness (QED) is 0.884. The summed E-state index contributed by atoms with van der Waals surface area (Å²) < 4.78 is 5.44. The molecule has 100 valence electrons. The first-order valence-electron chi connectivity index (χ1n) is 6.02. The highest BCUT2D eigenvalue weighted by Gasteiger charge is 2.23. The lowest BCUT2D eigenvalue weighted by atomic mass is 10.2. The van der Waals surface area contributed by atoms with Gasteiger partial charge in [0.25, 0.3) is 5.91 Å². The number of hydrogen-bond donors (Lipinski definition) is 2.